The van der Waals surface area contributed by atoms with Crippen molar-refractivity contribution in [1.82, 2.24) is 10.2 Å². The predicted molar refractivity (Wildman–Crippen MR) is 178 cm³/mol. The highest BCUT2D eigenvalue weighted by molar-refractivity contribution is 9.09. The molecule has 0 saturated carbocycles. The number of halogens is 1. The van der Waals surface area contributed by atoms with E-state index in [-0.39, 0.29) is 42.8 Å². The van der Waals surface area contributed by atoms with Crippen molar-refractivity contribution in [2.75, 3.05) is 24.6 Å². The van der Waals surface area contributed by atoms with Crippen LogP contribution in [0.2, 0.25) is 0 Å². The second kappa shape index (κ2) is 14.1. The molecule has 8 atom stereocenters. The Balaban J connectivity index is 1.48. The van der Waals surface area contributed by atoms with Crippen LogP contribution in [0.25, 0.3) is 10.8 Å². The minimum absolute atomic E-state index is 0.111. The van der Waals surface area contributed by atoms with E-state index in [1.54, 1.807) is 24.0 Å². The number of hydrogen-bond acceptors (Lipinski definition) is 7. The molecule has 5 rings (SSSR count). The molecule has 3 aliphatic heterocycles. The van der Waals surface area contributed by atoms with Crippen molar-refractivity contribution in [2.45, 2.75) is 74.3 Å². The van der Waals surface area contributed by atoms with E-state index in [4.69, 9.17) is 9.47 Å². The molecule has 10 nitrogen and oxygen atoms in total. The number of carbonyl (C=O) groups excluding carboxylic acids is 4. The average molecular weight is 697 g/mol. The van der Waals surface area contributed by atoms with Gasteiger partial charge in [0, 0.05) is 23.5 Å². The first kappa shape index (κ1) is 33.8. The number of nitrogens with zero attached hydrogens (tertiary/aromatic N) is 2. The summed E-state index contributed by atoms with van der Waals surface area (Å²) < 4.78 is 12.4. The Morgan fingerprint density at radius 3 is 2.63 bits per heavy atom. The highest BCUT2D eigenvalue weighted by Crippen LogP contribution is 2.61. The van der Waals surface area contributed by atoms with Gasteiger partial charge in [0.1, 0.15) is 17.7 Å². The Morgan fingerprint density at radius 1 is 1.22 bits per heavy atom. The van der Waals surface area contributed by atoms with Gasteiger partial charge in [-0.2, -0.15) is 0 Å². The molecular weight excluding hydrogens is 654 g/mol. The molecule has 2 N–H and O–H groups in total. The second-order valence-electron chi connectivity index (χ2n) is 12.3. The Bertz CT molecular complexity index is 1510. The Labute approximate surface area is 277 Å². The van der Waals surface area contributed by atoms with E-state index in [1.165, 1.54) is 4.90 Å². The fourth-order valence-corrected chi connectivity index (χ4v) is 8.21. The van der Waals surface area contributed by atoms with E-state index < -0.39 is 53.6 Å². The standard InChI is InChI=1S/C35H42BrN3O7/c1-5-8-13-27(41)37-19-21(4)45-34(44)28-29-32(42)39(24(7-3)20-40)31(35(29)18-26(36)30(28)46-35)33(43)38(16-6-2)25-15-14-22-11-9-10-12-23(22)17-25/h5-6,9-12,14-15,17,21,24,26,28-31,40H,1-2,7-8,13,16,18-20H2,3-4H3,(H,37,41)/t21-,24+,26?,28+,29-,30+,31+,35-/m1/s1. The van der Waals surface area contributed by atoms with Gasteiger partial charge in [0.05, 0.1) is 37.1 Å². The van der Waals surface area contributed by atoms with E-state index >= 15 is 0 Å². The number of benzene rings is 2. The smallest absolute Gasteiger partial charge is 0.312 e. The molecule has 0 radical (unpaired) electrons. The van der Waals surface area contributed by atoms with Gasteiger partial charge < -0.3 is 29.7 Å². The van der Waals surface area contributed by atoms with Crippen molar-refractivity contribution in [3.8, 4) is 0 Å². The fourth-order valence-electron chi connectivity index (χ4n) is 7.26. The molecule has 246 valence electrons. The molecule has 2 bridgehead atoms. The van der Waals surface area contributed by atoms with E-state index in [2.05, 4.69) is 34.4 Å². The third-order valence-electron chi connectivity index (χ3n) is 9.41. The first-order valence-electron chi connectivity index (χ1n) is 15.9. The summed E-state index contributed by atoms with van der Waals surface area (Å²) in [6.07, 6.45) is 3.46. The summed E-state index contributed by atoms with van der Waals surface area (Å²) in [4.78, 5) is 57.8. The number of likely N-dealkylation sites (tertiary alicyclic amines) is 1. The lowest BCUT2D eigenvalue weighted by atomic mass is 9.70. The normalized spacial score (nSPS) is 27.6. The van der Waals surface area contributed by atoms with Crippen LogP contribution in [0.5, 0.6) is 0 Å². The van der Waals surface area contributed by atoms with Gasteiger partial charge in [0.15, 0.2) is 0 Å². The van der Waals surface area contributed by atoms with Crippen LogP contribution in [-0.2, 0) is 28.7 Å². The molecule has 3 amide bonds. The van der Waals surface area contributed by atoms with Crippen molar-refractivity contribution in [3.05, 3.63) is 67.8 Å². The highest BCUT2D eigenvalue weighted by atomic mass is 79.9. The molecule has 3 aliphatic rings. The van der Waals surface area contributed by atoms with Crippen LogP contribution >= 0.6 is 15.9 Å². The van der Waals surface area contributed by atoms with Crippen molar-refractivity contribution >= 4 is 56.1 Å². The number of ether oxygens (including phenoxy) is 2. The number of rotatable bonds is 14. The molecule has 46 heavy (non-hydrogen) atoms. The predicted octanol–water partition coefficient (Wildman–Crippen LogP) is 3.89. The average Bonchev–Trinajstić information content (AvgIpc) is 3.65. The van der Waals surface area contributed by atoms with Gasteiger partial charge in [0.2, 0.25) is 11.8 Å². The maximum absolute atomic E-state index is 14.8. The molecule has 2 aromatic carbocycles. The van der Waals surface area contributed by atoms with Gasteiger partial charge in [0.25, 0.3) is 5.91 Å². The first-order chi connectivity index (χ1) is 22.1. The van der Waals surface area contributed by atoms with Gasteiger partial charge in [-0.1, -0.05) is 65.3 Å². The molecule has 3 heterocycles. The number of nitrogens with one attached hydrogen (secondary N) is 1. The van der Waals surface area contributed by atoms with E-state index in [9.17, 15) is 24.3 Å². The summed E-state index contributed by atoms with van der Waals surface area (Å²) in [5.41, 5.74) is -0.687. The topological polar surface area (TPSA) is 125 Å². The second-order valence-corrected chi connectivity index (χ2v) is 13.5. The van der Waals surface area contributed by atoms with E-state index in [0.29, 0.717) is 24.9 Å². The number of allylic oxidation sites excluding steroid dienone is 1. The Hall–Kier alpha value is -3.54. The molecule has 3 saturated heterocycles. The summed E-state index contributed by atoms with van der Waals surface area (Å²) in [6.45, 7) is 10.9. The van der Waals surface area contributed by atoms with Crippen molar-refractivity contribution in [1.29, 1.82) is 0 Å². The summed E-state index contributed by atoms with van der Waals surface area (Å²) in [5, 5.41) is 15.1. The lowest BCUT2D eigenvalue weighted by Crippen LogP contribution is -2.59. The minimum atomic E-state index is -1.32. The zero-order valence-electron chi connectivity index (χ0n) is 26.3. The lowest BCUT2D eigenvalue weighted by molar-refractivity contribution is -0.159. The summed E-state index contributed by atoms with van der Waals surface area (Å²) in [5.74, 6) is -3.55. The van der Waals surface area contributed by atoms with Crippen LogP contribution in [0.15, 0.2) is 67.8 Å². The SMILES string of the molecule is C=CCCC(=O)NC[C@@H](C)OC(=O)[C@@H]1[C@H]2O[C@@]3(CC2Br)[C@H](C(=O)N(CC=C)c2ccc4ccccc4c2)N([C@@H](CC)CO)C(=O)[C@@H]13. The Morgan fingerprint density at radius 2 is 1.96 bits per heavy atom. The van der Waals surface area contributed by atoms with Gasteiger partial charge in [-0.3, -0.25) is 19.2 Å². The minimum Gasteiger partial charge on any atom is -0.460 e. The molecule has 0 aliphatic carbocycles. The number of fused-ring (bicyclic) bond motifs is 2. The molecule has 1 unspecified atom stereocenters. The van der Waals surface area contributed by atoms with Crippen LogP contribution in [0, 0.1) is 11.8 Å². The largest absolute Gasteiger partial charge is 0.460 e. The highest BCUT2D eigenvalue weighted by Gasteiger charge is 2.77. The summed E-state index contributed by atoms with van der Waals surface area (Å²) in [7, 11) is 0. The zero-order valence-corrected chi connectivity index (χ0v) is 27.9. The number of aliphatic hydroxyl groups is 1. The van der Waals surface area contributed by atoms with Crippen LogP contribution in [-0.4, -0.2) is 88.1 Å². The number of amides is 3. The fraction of sp³-hybridized carbons (Fsp3) is 0.486. The molecule has 11 heteroatoms. The van der Waals surface area contributed by atoms with E-state index in [1.807, 2.05) is 49.4 Å². The number of carbonyl (C=O) groups is 4. The molecule has 1 spiro atoms. The summed E-state index contributed by atoms with van der Waals surface area (Å²) in [6, 6.07) is 11.8. The molecule has 3 fully saturated rings. The Kier molecular flexibility index (Phi) is 10.3. The first-order valence-corrected chi connectivity index (χ1v) is 16.8. The summed E-state index contributed by atoms with van der Waals surface area (Å²) >= 11 is 3.68. The van der Waals surface area contributed by atoms with Gasteiger partial charge in [-0.05, 0) is 49.1 Å². The quantitative estimate of drug-likeness (QED) is 0.175. The van der Waals surface area contributed by atoms with Gasteiger partial charge in [-0.25, -0.2) is 0 Å². The number of esters is 1. The number of alkyl halides is 1. The molecule has 2 aromatic rings. The van der Waals surface area contributed by atoms with Gasteiger partial charge >= 0.3 is 5.97 Å². The van der Waals surface area contributed by atoms with Crippen molar-refractivity contribution in [2.24, 2.45) is 11.8 Å². The van der Waals surface area contributed by atoms with Crippen LogP contribution in [0.3, 0.4) is 0 Å². The van der Waals surface area contributed by atoms with Crippen LogP contribution in [0.1, 0.15) is 39.5 Å². The van der Waals surface area contributed by atoms with E-state index in [0.717, 1.165) is 10.8 Å². The monoisotopic (exact) mass is 695 g/mol. The lowest BCUT2D eigenvalue weighted by Gasteiger charge is -2.39. The maximum Gasteiger partial charge on any atom is 0.312 e. The van der Waals surface area contributed by atoms with Crippen LogP contribution in [0.4, 0.5) is 5.69 Å². The number of hydrogen-bond donors (Lipinski definition) is 2. The van der Waals surface area contributed by atoms with Crippen molar-refractivity contribution in [3.63, 3.8) is 0 Å². The van der Waals surface area contributed by atoms with Crippen LogP contribution < -0.4 is 10.2 Å². The van der Waals surface area contributed by atoms with Gasteiger partial charge in [-0.15, -0.1) is 13.2 Å². The molecule has 0 aromatic heterocycles. The third-order valence-corrected chi connectivity index (χ3v) is 10.3. The number of anilines is 1. The van der Waals surface area contributed by atoms with Crippen molar-refractivity contribution < 1.29 is 33.8 Å². The number of aliphatic hydroxyl groups excluding tert-OH is 1. The zero-order chi connectivity index (χ0) is 33.2. The maximum atomic E-state index is 14.8. The third kappa shape index (κ3) is 6.00. The molecular formula is C35H42BrN3O7.